The van der Waals surface area contributed by atoms with Gasteiger partial charge in [0, 0.05) is 31.2 Å². The van der Waals surface area contributed by atoms with Crippen molar-refractivity contribution in [2.45, 2.75) is 0 Å². The van der Waals surface area contributed by atoms with Crippen molar-refractivity contribution in [3.63, 3.8) is 0 Å². The van der Waals surface area contributed by atoms with Gasteiger partial charge in [0.05, 0.1) is 11.9 Å². The second-order valence-electron chi connectivity index (χ2n) is 7.92. The van der Waals surface area contributed by atoms with Gasteiger partial charge in [-0.2, -0.15) is 9.78 Å². The molecule has 0 spiro atoms. The topological polar surface area (TPSA) is 59.4 Å². The molecule has 1 aromatic heterocycles. The highest BCUT2D eigenvalue weighted by molar-refractivity contribution is 6.30. The molecule has 0 saturated carbocycles. The molecule has 0 bridgehead atoms. The Morgan fingerprint density at radius 3 is 2.15 bits per heavy atom. The second kappa shape index (κ2) is 9.67. The minimum absolute atomic E-state index is 0.210. The normalized spacial score (nSPS) is 13.6. The predicted molar refractivity (Wildman–Crippen MR) is 132 cm³/mol. The number of piperazine rings is 1. The van der Waals surface area contributed by atoms with Gasteiger partial charge in [-0.3, -0.25) is 4.79 Å². The van der Waals surface area contributed by atoms with Crippen molar-refractivity contribution in [3.8, 4) is 28.3 Å². The molecule has 1 N–H and O–H groups in total. The summed E-state index contributed by atoms with van der Waals surface area (Å²) in [6, 6.07) is 20.6. The van der Waals surface area contributed by atoms with Crippen LogP contribution in [0.25, 0.3) is 16.8 Å². The van der Waals surface area contributed by atoms with Crippen LogP contribution in [0, 0.1) is 5.82 Å². The number of rotatable bonds is 5. The van der Waals surface area contributed by atoms with E-state index in [1.54, 1.807) is 54.7 Å². The van der Waals surface area contributed by atoms with Crippen LogP contribution in [0.3, 0.4) is 0 Å². The van der Waals surface area contributed by atoms with Crippen LogP contribution < -0.4 is 20.5 Å². The van der Waals surface area contributed by atoms with Crippen molar-refractivity contribution in [2.75, 3.05) is 31.1 Å². The van der Waals surface area contributed by atoms with Gasteiger partial charge in [0.1, 0.15) is 17.3 Å². The molecule has 0 atom stereocenters. The Morgan fingerprint density at radius 1 is 0.882 bits per heavy atom. The van der Waals surface area contributed by atoms with Gasteiger partial charge in [-0.25, -0.2) is 4.39 Å². The summed E-state index contributed by atoms with van der Waals surface area (Å²) in [5, 5.41) is 8.29. The molecule has 2 heterocycles. The van der Waals surface area contributed by atoms with E-state index < -0.39 is 0 Å². The molecular weight excluding hydrogens is 455 g/mol. The van der Waals surface area contributed by atoms with E-state index in [1.807, 2.05) is 12.1 Å². The molecule has 0 aliphatic carbocycles. The highest BCUT2D eigenvalue weighted by atomic mass is 35.5. The Bertz CT molecular complexity index is 1330. The van der Waals surface area contributed by atoms with E-state index in [0.29, 0.717) is 22.1 Å². The number of aromatic nitrogens is 2. The van der Waals surface area contributed by atoms with E-state index in [2.05, 4.69) is 15.3 Å². The van der Waals surface area contributed by atoms with Crippen LogP contribution in [-0.2, 0) is 0 Å². The zero-order valence-corrected chi connectivity index (χ0v) is 19.0. The summed E-state index contributed by atoms with van der Waals surface area (Å²) in [6.45, 7) is 3.11. The molecular formula is C26H22ClFN4O2. The van der Waals surface area contributed by atoms with Crippen molar-refractivity contribution in [3.05, 3.63) is 100 Å². The fraction of sp³-hybridized carbons (Fsp3) is 0.154. The van der Waals surface area contributed by atoms with Crippen LogP contribution in [0.15, 0.2) is 83.8 Å². The van der Waals surface area contributed by atoms with Gasteiger partial charge in [-0.1, -0.05) is 35.9 Å². The highest BCUT2D eigenvalue weighted by Gasteiger charge is 2.21. The molecule has 34 heavy (non-hydrogen) atoms. The lowest BCUT2D eigenvalue weighted by Gasteiger charge is -2.30. The van der Waals surface area contributed by atoms with Gasteiger partial charge < -0.3 is 15.0 Å². The molecule has 5 rings (SSSR count). The van der Waals surface area contributed by atoms with Crippen LogP contribution in [0.5, 0.6) is 11.5 Å². The van der Waals surface area contributed by atoms with E-state index in [-0.39, 0.29) is 17.1 Å². The summed E-state index contributed by atoms with van der Waals surface area (Å²) in [5.41, 5.74) is 2.70. The Hall–Kier alpha value is -3.68. The zero-order chi connectivity index (χ0) is 23.5. The third-order valence-electron chi connectivity index (χ3n) is 5.70. The van der Waals surface area contributed by atoms with Crippen LogP contribution >= 0.6 is 11.6 Å². The van der Waals surface area contributed by atoms with Crippen LogP contribution in [0.4, 0.5) is 10.1 Å². The average molecular weight is 477 g/mol. The number of hydrogen-bond donors (Lipinski definition) is 1. The number of hydrogen-bond acceptors (Lipinski definition) is 5. The first kappa shape index (κ1) is 22.1. The Morgan fingerprint density at radius 2 is 1.50 bits per heavy atom. The van der Waals surface area contributed by atoms with Crippen LogP contribution in [-0.4, -0.2) is 36.0 Å². The minimum atomic E-state index is -0.360. The van der Waals surface area contributed by atoms with E-state index in [1.165, 1.54) is 16.8 Å². The summed E-state index contributed by atoms with van der Waals surface area (Å²) in [7, 11) is 0. The Balaban J connectivity index is 1.51. The third-order valence-corrected chi connectivity index (χ3v) is 5.95. The van der Waals surface area contributed by atoms with Crippen molar-refractivity contribution in [1.82, 2.24) is 15.1 Å². The molecule has 4 aromatic rings. The van der Waals surface area contributed by atoms with Crippen molar-refractivity contribution in [2.24, 2.45) is 0 Å². The maximum absolute atomic E-state index is 13.5. The number of nitrogens with zero attached hydrogens (tertiary/aromatic N) is 3. The number of anilines is 1. The minimum Gasteiger partial charge on any atom is -0.449 e. The Kier molecular flexibility index (Phi) is 6.29. The van der Waals surface area contributed by atoms with Gasteiger partial charge in [0.15, 0.2) is 0 Å². The van der Waals surface area contributed by atoms with Gasteiger partial charge in [0.25, 0.3) is 0 Å². The van der Waals surface area contributed by atoms with Crippen LogP contribution in [0.2, 0.25) is 5.02 Å². The van der Waals surface area contributed by atoms with E-state index in [0.717, 1.165) is 37.3 Å². The van der Waals surface area contributed by atoms with Crippen molar-refractivity contribution in [1.29, 1.82) is 0 Å². The molecule has 0 amide bonds. The Labute approximate surface area is 201 Å². The van der Waals surface area contributed by atoms with E-state index in [9.17, 15) is 9.18 Å². The van der Waals surface area contributed by atoms with Gasteiger partial charge in [0.2, 0.25) is 5.75 Å². The summed E-state index contributed by atoms with van der Waals surface area (Å²) in [6.07, 6.45) is 1.67. The zero-order valence-electron chi connectivity index (χ0n) is 18.2. The second-order valence-corrected chi connectivity index (χ2v) is 8.36. The first-order valence-electron chi connectivity index (χ1n) is 11.0. The van der Waals surface area contributed by atoms with Crippen molar-refractivity contribution >= 4 is 17.3 Å². The predicted octanol–water partition coefficient (Wildman–Crippen LogP) is 4.89. The lowest BCUT2D eigenvalue weighted by atomic mass is 10.1. The lowest BCUT2D eigenvalue weighted by molar-refractivity contribution is 0.463. The standard InChI is InChI=1S/C26H22ClFN4O2/c27-20-5-9-22(10-6-20)32-26(33)25(24(17-30-32)31-15-13-29-14-16-31)34-23-11-3-19(4-12-23)18-1-7-21(28)8-2-18/h1-12,17,29H,13-16H2. The molecule has 8 heteroatoms. The molecule has 1 fully saturated rings. The number of nitrogens with one attached hydrogen (secondary N) is 1. The molecule has 1 aliphatic rings. The van der Waals surface area contributed by atoms with E-state index >= 15 is 0 Å². The quantitative estimate of drug-likeness (QED) is 0.444. The average Bonchev–Trinajstić information content (AvgIpc) is 2.87. The molecule has 6 nitrogen and oxygen atoms in total. The summed E-state index contributed by atoms with van der Waals surface area (Å²) < 4.78 is 20.7. The lowest BCUT2D eigenvalue weighted by Crippen LogP contribution is -2.44. The number of ether oxygens (including phenoxy) is 1. The number of halogens is 2. The monoisotopic (exact) mass is 476 g/mol. The third kappa shape index (κ3) is 4.66. The summed E-state index contributed by atoms with van der Waals surface area (Å²) in [4.78, 5) is 15.6. The first-order valence-corrected chi connectivity index (χ1v) is 11.3. The molecule has 1 saturated heterocycles. The number of benzene rings is 3. The fourth-order valence-electron chi connectivity index (χ4n) is 3.90. The molecule has 0 radical (unpaired) electrons. The molecule has 3 aromatic carbocycles. The van der Waals surface area contributed by atoms with Gasteiger partial charge >= 0.3 is 5.56 Å². The maximum atomic E-state index is 13.5. The van der Waals surface area contributed by atoms with Crippen molar-refractivity contribution < 1.29 is 9.13 Å². The van der Waals surface area contributed by atoms with Gasteiger partial charge in [-0.05, 0) is 59.7 Å². The fourth-order valence-corrected chi connectivity index (χ4v) is 4.02. The SMILES string of the molecule is O=c1c(Oc2ccc(-c3ccc(F)cc3)cc2)c(N2CCNCC2)cnn1-c1ccc(Cl)cc1. The summed E-state index contributed by atoms with van der Waals surface area (Å²) >= 11 is 6.01. The molecule has 172 valence electrons. The van der Waals surface area contributed by atoms with E-state index in [4.69, 9.17) is 16.3 Å². The van der Waals surface area contributed by atoms with Crippen LogP contribution in [0.1, 0.15) is 0 Å². The first-order chi connectivity index (χ1) is 16.6. The highest BCUT2D eigenvalue weighted by Crippen LogP contribution is 2.31. The summed E-state index contributed by atoms with van der Waals surface area (Å²) in [5.74, 6) is 0.452. The molecule has 0 unspecified atom stereocenters. The smallest absolute Gasteiger partial charge is 0.316 e. The molecule has 1 aliphatic heterocycles. The van der Waals surface area contributed by atoms with Gasteiger partial charge in [-0.15, -0.1) is 0 Å². The largest absolute Gasteiger partial charge is 0.449 e. The maximum Gasteiger partial charge on any atom is 0.316 e.